The first-order valence-corrected chi connectivity index (χ1v) is 7.96. The molecule has 0 spiro atoms. The van der Waals surface area contributed by atoms with E-state index in [4.69, 9.17) is 31.8 Å². The average molecular weight is 330 g/mol. The Morgan fingerprint density at radius 1 is 1.00 bits per heavy atom. The molecule has 0 atom stereocenters. The van der Waals surface area contributed by atoms with Crippen molar-refractivity contribution in [3.63, 3.8) is 0 Å². The maximum absolute atomic E-state index is 5.19. The van der Waals surface area contributed by atoms with Gasteiger partial charge in [0.05, 0.1) is 0 Å². The van der Waals surface area contributed by atoms with Crippen molar-refractivity contribution >= 4 is 53.2 Å². The van der Waals surface area contributed by atoms with Gasteiger partial charge in [0.25, 0.3) is 0 Å². The molecule has 0 aromatic carbocycles. The second-order valence-electron chi connectivity index (χ2n) is 1.79. The Balaban J connectivity index is 0.000000210. The number of nitrogens with two attached hydrogens (primary N) is 2. The minimum atomic E-state index is 0.382. The third-order valence-corrected chi connectivity index (χ3v) is 2.11. The summed E-state index contributed by atoms with van der Waals surface area (Å²) in [6.45, 7) is 0. The van der Waals surface area contributed by atoms with Crippen LogP contribution in [0.1, 0.15) is 0 Å². The number of hydrogen-bond donors (Lipinski definition) is 2. The normalized spacial score (nSPS) is 8.40. The van der Waals surface area contributed by atoms with E-state index in [2.05, 4.69) is 9.97 Å². The predicted octanol–water partition coefficient (Wildman–Crippen LogP) is 2.83. The molecule has 0 saturated heterocycles. The van der Waals surface area contributed by atoms with Gasteiger partial charge in [0, 0.05) is 23.2 Å². The molecular formula is C6H8Cl2CoN4S2. The van der Waals surface area contributed by atoms with Crippen molar-refractivity contribution in [2.24, 2.45) is 0 Å². The van der Waals surface area contributed by atoms with Crippen LogP contribution >= 0.6 is 43.0 Å². The fraction of sp³-hybridized carbons (Fsp3) is 0. The van der Waals surface area contributed by atoms with Crippen LogP contribution in [0.2, 0.25) is 0 Å². The van der Waals surface area contributed by atoms with Crippen LogP contribution in [0.15, 0.2) is 23.2 Å². The van der Waals surface area contributed by atoms with E-state index in [0.29, 0.717) is 23.2 Å². The number of hydrogen-bond acceptors (Lipinski definition) is 6. The zero-order valence-corrected chi connectivity index (χ0v) is 11.5. The van der Waals surface area contributed by atoms with E-state index in [9.17, 15) is 0 Å². The molecule has 2 rings (SSSR count). The SMILES string of the molecule is Nc1nccs1.Nc1nccs1.[Cl][Co][Cl]. The molecule has 0 bridgehead atoms. The molecule has 0 aliphatic carbocycles. The van der Waals surface area contributed by atoms with Crippen molar-refractivity contribution in [1.29, 1.82) is 0 Å². The first kappa shape index (κ1) is 14.9. The molecule has 2 aromatic heterocycles. The minimum absolute atomic E-state index is 0.382. The van der Waals surface area contributed by atoms with Crippen LogP contribution < -0.4 is 11.5 Å². The third-order valence-electron chi connectivity index (χ3n) is 0.903. The Morgan fingerprint density at radius 3 is 1.40 bits per heavy atom. The van der Waals surface area contributed by atoms with E-state index in [1.165, 1.54) is 22.7 Å². The van der Waals surface area contributed by atoms with Gasteiger partial charge in [0.1, 0.15) is 0 Å². The van der Waals surface area contributed by atoms with Crippen molar-refractivity contribution in [2.45, 2.75) is 0 Å². The molecule has 4 N–H and O–H groups in total. The Bertz CT molecular complexity index is 283. The van der Waals surface area contributed by atoms with Gasteiger partial charge in [0.15, 0.2) is 10.3 Å². The molecule has 4 nitrogen and oxygen atoms in total. The summed E-state index contributed by atoms with van der Waals surface area (Å²) in [5.74, 6) is 0. The second-order valence-corrected chi connectivity index (χ2v) is 5.36. The third kappa shape index (κ3) is 10.2. The summed E-state index contributed by atoms with van der Waals surface area (Å²) >= 11 is 3.27. The van der Waals surface area contributed by atoms with E-state index in [0.717, 1.165) is 0 Å². The van der Waals surface area contributed by atoms with Crippen LogP contribution in [0, 0.1) is 0 Å². The van der Waals surface area contributed by atoms with E-state index in [1.807, 2.05) is 10.8 Å². The predicted molar refractivity (Wildman–Crippen MR) is 64.8 cm³/mol. The summed E-state index contributed by atoms with van der Waals surface area (Å²) in [5.41, 5.74) is 10.4. The average Bonchev–Trinajstić information content (AvgIpc) is 2.81. The first-order valence-electron chi connectivity index (χ1n) is 3.34. The van der Waals surface area contributed by atoms with Crippen LogP contribution in [-0.2, 0) is 12.9 Å². The van der Waals surface area contributed by atoms with Crippen LogP contribution in [0.5, 0.6) is 0 Å². The van der Waals surface area contributed by atoms with Crippen molar-refractivity contribution in [1.82, 2.24) is 9.97 Å². The number of aromatic nitrogens is 2. The van der Waals surface area contributed by atoms with Crippen LogP contribution in [0.4, 0.5) is 10.3 Å². The van der Waals surface area contributed by atoms with Crippen LogP contribution in [0.3, 0.4) is 0 Å². The molecule has 2 aromatic rings. The van der Waals surface area contributed by atoms with E-state index in [1.54, 1.807) is 12.4 Å². The summed E-state index contributed by atoms with van der Waals surface area (Å²) in [6.07, 6.45) is 3.36. The van der Waals surface area contributed by atoms with Crippen LogP contribution in [0.25, 0.3) is 0 Å². The molecule has 87 valence electrons. The molecular weight excluding hydrogens is 322 g/mol. The van der Waals surface area contributed by atoms with Gasteiger partial charge in [-0.3, -0.25) is 0 Å². The molecule has 0 aliphatic rings. The molecule has 2 heterocycles. The van der Waals surface area contributed by atoms with Gasteiger partial charge in [0.2, 0.25) is 0 Å². The van der Waals surface area contributed by atoms with Crippen molar-refractivity contribution in [3.05, 3.63) is 23.2 Å². The fourth-order valence-corrected chi connectivity index (χ4v) is 1.23. The quantitative estimate of drug-likeness (QED) is 0.779. The van der Waals surface area contributed by atoms with Crippen LogP contribution in [-0.4, -0.2) is 9.97 Å². The zero-order valence-electron chi connectivity index (χ0n) is 7.26. The number of nitrogen functional groups attached to an aromatic ring is 2. The van der Waals surface area contributed by atoms with Gasteiger partial charge in [-0.2, -0.15) is 0 Å². The number of thiazole rings is 2. The molecule has 0 saturated carbocycles. The standard InChI is InChI=1S/2C3H4N2S.2ClH.Co/c2*4-3-5-1-2-6-3;;;/h2*1-2H,(H2,4,5);2*1H;/q;;;;+2/p-2. The van der Waals surface area contributed by atoms with Gasteiger partial charge in [-0.05, 0) is 0 Å². The molecule has 0 unspecified atom stereocenters. The van der Waals surface area contributed by atoms with E-state index >= 15 is 0 Å². The van der Waals surface area contributed by atoms with Gasteiger partial charge in [-0.25, -0.2) is 9.97 Å². The molecule has 9 heteroatoms. The number of anilines is 2. The Hall–Kier alpha value is -0.0535. The zero-order chi connectivity index (χ0) is 11.5. The summed E-state index contributed by atoms with van der Waals surface area (Å²) in [5, 5.41) is 4.95. The molecule has 0 radical (unpaired) electrons. The van der Waals surface area contributed by atoms with Gasteiger partial charge < -0.3 is 11.5 Å². The molecule has 15 heavy (non-hydrogen) atoms. The van der Waals surface area contributed by atoms with Crippen molar-refractivity contribution in [2.75, 3.05) is 11.5 Å². The van der Waals surface area contributed by atoms with E-state index < -0.39 is 0 Å². The summed E-state index contributed by atoms with van der Waals surface area (Å²) in [7, 11) is 9.47. The number of halogens is 2. The monoisotopic (exact) mass is 329 g/mol. The number of nitrogens with zero attached hydrogens (tertiary/aromatic N) is 2. The Kier molecular flexibility index (Phi) is 10.4. The topological polar surface area (TPSA) is 77.8 Å². The van der Waals surface area contributed by atoms with Gasteiger partial charge >= 0.3 is 33.2 Å². The maximum atomic E-state index is 5.19. The Morgan fingerprint density at radius 2 is 1.33 bits per heavy atom. The molecule has 0 aliphatic heterocycles. The Labute approximate surface area is 110 Å². The van der Waals surface area contributed by atoms with Crippen molar-refractivity contribution < 1.29 is 12.9 Å². The molecule has 0 fully saturated rings. The van der Waals surface area contributed by atoms with Gasteiger partial charge in [-0.1, -0.05) is 0 Å². The summed E-state index contributed by atoms with van der Waals surface area (Å²) < 4.78 is 0. The fourth-order valence-electron chi connectivity index (χ4n) is 0.469. The second kappa shape index (κ2) is 10.5. The molecule has 0 amide bonds. The van der Waals surface area contributed by atoms with E-state index in [-0.39, 0.29) is 0 Å². The number of rotatable bonds is 0. The first-order chi connectivity index (χ1) is 7.20. The van der Waals surface area contributed by atoms with Crippen molar-refractivity contribution in [3.8, 4) is 0 Å². The van der Waals surface area contributed by atoms with Gasteiger partial charge in [-0.15, -0.1) is 22.7 Å². The summed E-state index contributed by atoms with van der Waals surface area (Å²) in [6, 6.07) is 0. The summed E-state index contributed by atoms with van der Waals surface area (Å²) in [4.78, 5) is 7.43.